The van der Waals surface area contributed by atoms with Crippen LogP contribution in [0.5, 0.6) is 0 Å². The first kappa shape index (κ1) is 17.4. The molecule has 1 saturated heterocycles. The molecule has 2 heterocycles. The quantitative estimate of drug-likeness (QED) is 0.818. The second kappa shape index (κ2) is 6.82. The lowest BCUT2D eigenvalue weighted by Crippen LogP contribution is -2.50. The number of piperazine rings is 1. The first-order valence-corrected chi connectivity index (χ1v) is 8.32. The number of hydrogen-bond acceptors (Lipinski definition) is 5. The average molecular weight is 350 g/mol. The third kappa shape index (κ3) is 4.15. The third-order valence-corrected chi connectivity index (χ3v) is 3.98. The van der Waals surface area contributed by atoms with Crippen molar-refractivity contribution < 1.29 is 23.4 Å². The Bertz CT molecular complexity index is 656. The van der Waals surface area contributed by atoms with Crippen LogP contribution in [0.25, 0.3) is 0 Å². The van der Waals surface area contributed by atoms with Crippen molar-refractivity contribution in [1.29, 1.82) is 0 Å². The van der Waals surface area contributed by atoms with Gasteiger partial charge < -0.3 is 24.0 Å². The zero-order valence-electron chi connectivity index (χ0n) is 14.7. The lowest BCUT2D eigenvalue weighted by molar-refractivity contribution is -0.0247. The number of benzene rings is 1. The van der Waals surface area contributed by atoms with Crippen LogP contribution >= 0.6 is 0 Å². The Hall–Kier alpha value is -2.44. The van der Waals surface area contributed by atoms with E-state index >= 15 is 0 Å². The molecule has 0 radical (unpaired) electrons. The van der Waals surface area contributed by atoms with Crippen molar-refractivity contribution in [3.8, 4) is 0 Å². The normalized spacial score (nSPS) is 18.1. The minimum atomic E-state index is -0.590. The average Bonchev–Trinajstić information content (AvgIpc) is 3.08. The highest BCUT2D eigenvalue weighted by molar-refractivity contribution is 5.68. The van der Waals surface area contributed by atoms with Crippen molar-refractivity contribution in [3.63, 3.8) is 0 Å². The smallest absolute Gasteiger partial charge is 0.410 e. The molecule has 3 rings (SSSR count). The van der Waals surface area contributed by atoms with Crippen LogP contribution in [0.1, 0.15) is 32.6 Å². The zero-order chi connectivity index (χ0) is 18.0. The summed E-state index contributed by atoms with van der Waals surface area (Å²) in [6.07, 6.45) is 1.96. The van der Waals surface area contributed by atoms with E-state index in [1.54, 1.807) is 17.0 Å². The molecule has 1 amide bonds. The van der Waals surface area contributed by atoms with Gasteiger partial charge >= 0.3 is 6.09 Å². The highest BCUT2D eigenvalue weighted by Gasteiger charge is 2.27. The van der Waals surface area contributed by atoms with Gasteiger partial charge in [0.25, 0.3) is 6.29 Å². The van der Waals surface area contributed by atoms with E-state index in [-0.39, 0.29) is 11.9 Å². The summed E-state index contributed by atoms with van der Waals surface area (Å²) in [6, 6.07) is 4.93. The van der Waals surface area contributed by atoms with E-state index < -0.39 is 11.9 Å². The summed E-state index contributed by atoms with van der Waals surface area (Å²) in [7, 11) is 0. The van der Waals surface area contributed by atoms with E-state index in [0.717, 1.165) is 0 Å². The minimum absolute atomic E-state index is 0.328. The lowest BCUT2D eigenvalue weighted by Gasteiger charge is -2.36. The van der Waals surface area contributed by atoms with E-state index in [1.165, 1.54) is 18.6 Å². The summed E-state index contributed by atoms with van der Waals surface area (Å²) in [5.74, 6) is -0.331. The van der Waals surface area contributed by atoms with Gasteiger partial charge in [0.2, 0.25) is 0 Å². The molecule has 1 aromatic rings. The highest BCUT2D eigenvalue weighted by atomic mass is 19.1. The van der Waals surface area contributed by atoms with Gasteiger partial charge in [-0.1, -0.05) is 0 Å². The Labute approximate surface area is 146 Å². The molecule has 0 spiro atoms. The monoisotopic (exact) mass is 350 g/mol. The summed E-state index contributed by atoms with van der Waals surface area (Å²) in [5.41, 5.74) is 0.618. The van der Waals surface area contributed by atoms with Crippen LogP contribution in [0.2, 0.25) is 0 Å². The van der Waals surface area contributed by atoms with Crippen molar-refractivity contribution in [2.24, 2.45) is 0 Å². The molecule has 7 heteroatoms. The SMILES string of the molecule is CC(C)(C)OC(=O)N1CCN(c2ccc(C3OC=CO3)cc2F)CC1. The number of amides is 1. The molecule has 0 aromatic heterocycles. The summed E-state index contributed by atoms with van der Waals surface area (Å²) in [6.45, 7) is 7.60. The zero-order valence-corrected chi connectivity index (χ0v) is 14.7. The molecule has 6 nitrogen and oxygen atoms in total. The molecule has 2 aliphatic rings. The number of carbonyl (C=O) groups is 1. The predicted molar refractivity (Wildman–Crippen MR) is 90.5 cm³/mol. The van der Waals surface area contributed by atoms with Crippen LogP contribution in [-0.4, -0.2) is 42.8 Å². The van der Waals surface area contributed by atoms with Crippen LogP contribution in [0.15, 0.2) is 30.7 Å². The van der Waals surface area contributed by atoms with E-state index in [2.05, 4.69) is 0 Å². The van der Waals surface area contributed by atoms with Gasteiger partial charge in [-0.2, -0.15) is 0 Å². The van der Waals surface area contributed by atoms with E-state index in [4.69, 9.17) is 14.2 Å². The summed E-state index contributed by atoms with van der Waals surface area (Å²) in [5, 5.41) is 0. The van der Waals surface area contributed by atoms with Crippen molar-refractivity contribution in [2.45, 2.75) is 32.7 Å². The Morgan fingerprint density at radius 2 is 1.80 bits per heavy atom. The Kier molecular flexibility index (Phi) is 4.74. The van der Waals surface area contributed by atoms with E-state index in [0.29, 0.717) is 37.4 Å². The topological polar surface area (TPSA) is 51.2 Å². The number of anilines is 1. The summed E-state index contributed by atoms with van der Waals surface area (Å²) >= 11 is 0. The fourth-order valence-corrected chi connectivity index (χ4v) is 2.78. The van der Waals surface area contributed by atoms with Gasteiger partial charge in [0.05, 0.1) is 5.69 Å². The van der Waals surface area contributed by atoms with Crippen LogP contribution in [-0.2, 0) is 14.2 Å². The molecule has 0 unspecified atom stereocenters. The van der Waals surface area contributed by atoms with Gasteiger partial charge in [0, 0.05) is 31.7 Å². The number of halogens is 1. The molecule has 136 valence electrons. The number of ether oxygens (including phenoxy) is 3. The number of hydrogen-bond donors (Lipinski definition) is 0. The Morgan fingerprint density at radius 3 is 2.36 bits per heavy atom. The molecule has 0 saturated carbocycles. The highest BCUT2D eigenvalue weighted by Crippen LogP contribution is 2.29. The number of carbonyl (C=O) groups excluding carboxylic acids is 1. The standard InChI is InChI=1S/C18H23FN2O4/c1-18(2,3)25-17(22)21-8-6-20(7-9-21)15-5-4-13(12-14(15)19)16-23-10-11-24-16/h4-5,10-12,16H,6-9H2,1-3H3. The number of nitrogens with zero attached hydrogens (tertiary/aromatic N) is 2. The fraction of sp³-hybridized carbons (Fsp3) is 0.500. The predicted octanol–water partition coefficient (Wildman–Crippen LogP) is 3.40. The summed E-state index contributed by atoms with van der Waals surface area (Å²) in [4.78, 5) is 15.7. The van der Waals surface area contributed by atoms with Gasteiger partial charge in [0.1, 0.15) is 23.9 Å². The fourth-order valence-electron chi connectivity index (χ4n) is 2.78. The molecule has 25 heavy (non-hydrogen) atoms. The first-order valence-electron chi connectivity index (χ1n) is 8.32. The maximum Gasteiger partial charge on any atom is 0.410 e. The first-order chi connectivity index (χ1) is 11.8. The third-order valence-electron chi connectivity index (χ3n) is 3.98. The maximum absolute atomic E-state index is 14.5. The Morgan fingerprint density at radius 1 is 1.16 bits per heavy atom. The lowest BCUT2D eigenvalue weighted by atomic mass is 10.1. The van der Waals surface area contributed by atoms with Gasteiger partial charge in [-0.15, -0.1) is 0 Å². The molecule has 0 N–H and O–H groups in total. The molecular formula is C18H23FN2O4. The van der Waals surface area contributed by atoms with E-state index in [9.17, 15) is 9.18 Å². The second-order valence-electron chi connectivity index (χ2n) is 7.04. The van der Waals surface area contributed by atoms with Gasteiger partial charge in [-0.05, 0) is 39.0 Å². The van der Waals surface area contributed by atoms with Crippen LogP contribution < -0.4 is 4.90 Å². The molecule has 0 atom stereocenters. The molecule has 1 aromatic carbocycles. The number of rotatable bonds is 2. The molecule has 1 fully saturated rings. The largest absolute Gasteiger partial charge is 0.455 e. The molecule has 0 aliphatic carbocycles. The van der Waals surface area contributed by atoms with Crippen molar-refractivity contribution in [3.05, 3.63) is 42.1 Å². The Balaban J connectivity index is 1.60. The minimum Gasteiger partial charge on any atom is -0.455 e. The van der Waals surface area contributed by atoms with Crippen LogP contribution in [0.3, 0.4) is 0 Å². The van der Waals surface area contributed by atoms with Gasteiger partial charge in [-0.25, -0.2) is 9.18 Å². The van der Waals surface area contributed by atoms with Gasteiger partial charge in [0.15, 0.2) is 0 Å². The molecule has 0 bridgehead atoms. The van der Waals surface area contributed by atoms with Crippen LogP contribution in [0, 0.1) is 5.82 Å². The molecular weight excluding hydrogens is 327 g/mol. The van der Waals surface area contributed by atoms with Crippen molar-refractivity contribution in [2.75, 3.05) is 31.1 Å². The molecule has 2 aliphatic heterocycles. The van der Waals surface area contributed by atoms with Crippen molar-refractivity contribution in [1.82, 2.24) is 4.90 Å². The van der Waals surface area contributed by atoms with Crippen LogP contribution in [0.4, 0.5) is 14.9 Å². The second-order valence-corrected chi connectivity index (χ2v) is 7.04. The van der Waals surface area contributed by atoms with Crippen molar-refractivity contribution >= 4 is 11.8 Å². The van der Waals surface area contributed by atoms with E-state index in [1.807, 2.05) is 25.7 Å². The summed E-state index contributed by atoms with van der Waals surface area (Å²) < 4.78 is 30.3. The maximum atomic E-state index is 14.5. The van der Waals surface area contributed by atoms with Gasteiger partial charge in [-0.3, -0.25) is 0 Å².